The van der Waals surface area contributed by atoms with Crippen LogP contribution in [0.15, 0.2) is 24.3 Å². The van der Waals surface area contributed by atoms with Crippen molar-refractivity contribution in [3.63, 3.8) is 0 Å². The van der Waals surface area contributed by atoms with E-state index in [9.17, 15) is 9.59 Å². The van der Waals surface area contributed by atoms with E-state index in [1.165, 1.54) is 12.1 Å². The fraction of sp³-hybridized carbons (Fsp3) is 0.529. The second-order valence-corrected chi connectivity index (χ2v) is 6.79. The predicted molar refractivity (Wildman–Crippen MR) is 79.4 cm³/mol. The number of carboxylic acids is 1. The van der Waals surface area contributed by atoms with Crippen molar-refractivity contribution in [1.82, 2.24) is 0 Å². The molecule has 1 aromatic rings. The summed E-state index contributed by atoms with van der Waals surface area (Å²) in [5.41, 5.74) is 0.265. The van der Waals surface area contributed by atoms with Gasteiger partial charge >= 0.3 is 11.9 Å². The van der Waals surface area contributed by atoms with Gasteiger partial charge < -0.3 is 9.84 Å². The molecular weight excluding hydrogens is 268 g/mol. The second kappa shape index (κ2) is 5.88. The monoisotopic (exact) mass is 290 g/mol. The molecule has 0 aromatic heterocycles. The van der Waals surface area contributed by atoms with Crippen molar-refractivity contribution < 1.29 is 19.4 Å². The highest BCUT2D eigenvalue weighted by atomic mass is 16.5. The molecule has 2 rings (SSSR count). The molecule has 1 saturated carbocycles. The van der Waals surface area contributed by atoms with Gasteiger partial charge in [-0.15, -0.1) is 0 Å². The second-order valence-electron chi connectivity index (χ2n) is 6.79. The third-order valence-electron chi connectivity index (χ3n) is 4.00. The van der Waals surface area contributed by atoms with E-state index < -0.39 is 11.9 Å². The van der Waals surface area contributed by atoms with Crippen molar-refractivity contribution >= 4 is 11.9 Å². The number of aromatic carboxylic acids is 1. The summed E-state index contributed by atoms with van der Waals surface area (Å²) in [6.07, 6.45) is 2.63. The molecule has 0 radical (unpaired) electrons. The van der Waals surface area contributed by atoms with Crippen molar-refractivity contribution in [3.05, 3.63) is 35.4 Å². The fourth-order valence-electron chi connectivity index (χ4n) is 3.41. The van der Waals surface area contributed by atoms with Gasteiger partial charge in [-0.2, -0.15) is 0 Å². The quantitative estimate of drug-likeness (QED) is 0.861. The van der Waals surface area contributed by atoms with Crippen LogP contribution in [-0.2, 0) is 4.74 Å². The largest absolute Gasteiger partial charge is 0.478 e. The molecule has 114 valence electrons. The summed E-state index contributed by atoms with van der Waals surface area (Å²) in [5.74, 6) is -1.15. The molecule has 0 saturated heterocycles. The number of carbonyl (C=O) groups is 2. The molecule has 1 N–H and O–H groups in total. The van der Waals surface area contributed by atoms with Gasteiger partial charge in [0.15, 0.2) is 0 Å². The predicted octanol–water partition coefficient (Wildman–Crippen LogP) is 3.76. The van der Waals surface area contributed by atoms with Gasteiger partial charge in [0.05, 0.1) is 11.1 Å². The van der Waals surface area contributed by atoms with E-state index in [1.807, 2.05) is 0 Å². The van der Waals surface area contributed by atoms with E-state index in [-0.39, 0.29) is 22.6 Å². The Balaban J connectivity index is 2.13. The van der Waals surface area contributed by atoms with Crippen LogP contribution in [-0.4, -0.2) is 23.1 Å². The molecule has 0 bridgehead atoms. The lowest BCUT2D eigenvalue weighted by Gasteiger charge is -2.38. The van der Waals surface area contributed by atoms with Gasteiger partial charge in [-0.3, -0.25) is 0 Å². The number of carbonyl (C=O) groups excluding carboxylic acids is 1. The van der Waals surface area contributed by atoms with Crippen LogP contribution >= 0.6 is 0 Å². The number of hydrogen-bond donors (Lipinski definition) is 1. The lowest BCUT2D eigenvalue weighted by atomic mass is 9.71. The van der Waals surface area contributed by atoms with Gasteiger partial charge in [-0.25, -0.2) is 9.59 Å². The van der Waals surface area contributed by atoms with Crippen molar-refractivity contribution in [2.75, 3.05) is 0 Å². The topological polar surface area (TPSA) is 63.6 Å². The number of hydrogen-bond acceptors (Lipinski definition) is 3. The first-order valence-corrected chi connectivity index (χ1v) is 7.32. The maximum absolute atomic E-state index is 12.3. The average Bonchev–Trinajstić information content (AvgIpc) is 2.36. The van der Waals surface area contributed by atoms with Gasteiger partial charge in [0.1, 0.15) is 6.10 Å². The van der Waals surface area contributed by atoms with Crippen LogP contribution in [0.5, 0.6) is 0 Å². The molecule has 21 heavy (non-hydrogen) atoms. The summed E-state index contributed by atoms with van der Waals surface area (Å²) < 4.78 is 5.57. The molecule has 0 heterocycles. The molecule has 1 fully saturated rings. The van der Waals surface area contributed by atoms with Crippen LogP contribution in [0.1, 0.15) is 60.7 Å². The molecule has 4 nitrogen and oxygen atoms in total. The molecule has 0 spiro atoms. The highest BCUT2D eigenvalue weighted by Crippen LogP contribution is 2.39. The Morgan fingerprint density at radius 3 is 2.38 bits per heavy atom. The summed E-state index contributed by atoms with van der Waals surface area (Å²) in [6, 6.07) is 6.18. The average molecular weight is 290 g/mol. The van der Waals surface area contributed by atoms with Crippen LogP contribution in [0.25, 0.3) is 0 Å². The van der Waals surface area contributed by atoms with E-state index in [4.69, 9.17) is 9.84 Å². The van der Waals surface area contributed by atoms with Crippen LogP contribution in [0.4, 0.5) is 0 Å². The summed E-state index contributed by atoms with van der Waals surface area (Å²) >= 11 is 0. The van der Waals surface area contributed by atoms with E-state index >= 15 is 0 Å². The zero-order valence-electron chi connectivity index (χ0n) is 12.8. The third kappa shape index (κ3) is 3.84. The minimum Gasteiger partial charge on any atom is -0.478 e. The maximum atomic E-state index is 12.3. The number of benzene rings is 1. The number of rotatable bonds is 3. The molecular formula is C17H22O4. The molecule has 4 heteroatoms. The minimum absolute atomic E-state index is 0.00869. The number of ether oxygens (including phenoxy) is 1. The van der Waals surface area contributed by atoms with Crippen molar-refractivity contribution in [1.29, 1.82) is 0 Å². The first-order valence-electron chi connectivity index (χ1n) is 7.32. The van der Waals surface area contributed by atoms with Gasteiger partial charge in [0, 0.05) is 0 Å². The molecule has 1 aliphatic carbocycles. The third-order valence-corrected chi connectivity index (χ3v) is 4.00. The Kier molecular flexibility index (Phi) is 4.35. The van der Waals surface area contributed by atoms with Crippen LogP contribution in [0.2, 0.25) is 0 Å². The van der Waals surface area contributed by atoms with Gasteiger partial charge in [-0.1, -0.05) is 32.9 Å². The first-order chi connectivity index (χ1) is 9.78. The van der Waals surface area contributed by atoms with Gasteiger partial charge in [-0.05, 0) is 42.7 Å². The highest BCUT2D eigenvalue weighted by Gasteiger charge is 2.34. The zero-order chi connectivity index (χ0) is 15.6. The lowest BCUT2D eigenvalue weighted by Crippen LogP contribution is -2.34. The maximum Gasteiger partial charge on any atom is 0.339 e. The molecule has 1 aromatic carbocycles. The smallest absolute Gasteiger partial charge is 0.339 e. The number of carboxylic acid groups (broad SMARTS) is 1. The Morgan fingerprint density at radius 2 is 1.81 bits per heavy atom. The summed E-state index contributed by atoms with van der Waals surface area (Å²) in [7, 11) is 0. The zero-order valence-corrected chi connectivity index (χ0v) is 12.8. The van der Waals surface area contributed by atoms with Gasteiger partial charge in [0.2, 0.25) is 0 Å². The van der Waals surface area contributed by atoms with Crippen molar-refractivity contribution in [2.45, 2.75) is 46.1 Å². The lowest BCUT2D eigenvalue weighted by molar-refractivity contribution is -0.00738. The van der Waals surface area contributed by atoms with Crippen molar-refractivity contribution in [2.24, 2.45) is 11.3 Å². The fourth-order valence-corrected chi connectivity index (χ4v) is 3.41. The standard InChI is InChI=1S/C17H22O4/c1-11-8-12(10-17(2,3)9-11)21-16(20)14-7-5-4-6-13(14)15(18)19/h4-7,11-12H,8-10H2,1-3H3,(H,18,19). The first kappa shape index (κ1) is 15.5. The highest BCUT2D eigenvalue weighted by molar-refractivity contribution is 6.02. The summed E-state index contributed by atoms with van der Waals surface area (Å²) in [5, 5.41) is 9.14. The van der Waals surface area contributed by atoms with E-state index in [0.717, 1.165) is 19.3 Å². The minimum atomic E-state index is -1.11. The van der Waals surface area contributed by atoms with E-state index in [2.05, 4.69) is 20.8 Å². The number of esters is 1. The van der Waals surface area contributed by atoms with Crippen LogP contribution in [0, 0.1) is 11.3 Å². The van der Waals surface area contributed by atoms with Crippen LogP contribution in [0.3, 0.4) is 0 Å². The summed E-state index contributed by atoms with van der Waals surface area (Å²) in [4.78, 5) is 23.4. The molecule has 2 atom stereocenters. The van der Waals surface area contributed by atoms with E-state index in [1.54, 1.807) is 12.1 Å². The SMILES string of the molecule is CC1CC(OC(=O)c2ccccc2C(=O)O)CC(C)(C)C1. The molecule has 0 aliphatic heterocycles. The molecule has 2 unspecified atom stereocenters. The van der Waals surface area contributed by atoms with E-state index in [0.29, 0.717) is 5.92 Å². The Bertz CT molecular complexity index is 547. The normalized spacial score (nSPS) is 24.3. The van der Waals surface area contributed by atoms with Gasteiger partial charge in [0.25, 0.3) is 0 Å². The van der Waals surface area contributed by atoms with Crippen LogP contribution < -0.4 is 0 Å². The van der Waals surface area contributed by atoms with Crippen molar-refractivity contribution in [3.8, 4) is 0 Å². The Labute approximate surface area is 125 Å². The Morgan fingerprint density at radius 1 is 1.19 bits per heavy atom. The molecule has 0 amide bonds. The summed E-state index contributed by atoms with van der Waals surface area (Å²) in [6.45, 7) is 6.51. The Hall–Kier alpha value is -1.84. The molecule has 1 aliphatic rings.